The molecule has 1 amide bonds. The maximum Gasteiger partial charge on any atom is 0.411 e. The van der Waals surface area contributed by atoms with Crippen LogP contribution < -0.4 is 0 Å². The van der Waals surface area contributed by atoms with Gasteiger partial charge in [-0.15, -0.1) is 0 Å². The Bertz CT molecular complexity index is 419. The topological polar surface area (TPSA) is 29.5 Å². The molecule has 1 atom stereocenters. The first-order valence-electron chi connectivity index (χ1n) is 5.41. The predicted molar refractivity (Wildman–Crippen MR) is 57.0 cm³/mol. The molecule has 0 aliphatic carbocycles. The maximum absolute atomic E-state index is 12.8. The number of carbonyl (C=O) groups is 1. The minimum Gasteiger partial charge on any atom is -0.377 e. The molecule has 1 radical (unpaired) electrons. The normalized spacial score (nSPS) is 20.8. The van der Waals surface area contributed by atoms with Crippen molar-refractivity contribution in [3.05, 3.63) is 35.9 Å². The van der Waals surface area contributed by atoms with Gasteiger partial charge in [0.1, 0.15) is 0 Å². The van der Waals surface area contributed by atoms with Crippen LogP contribution in [0.5, 0.6) is 0 Å². The van der Waals surface area contributed by atoms with Gasteiger partial charge in [0.05, 0.1) is 13.2 Å². The van der Waals surface area contributed by atoms with Crippen LogP contribution in [0.3, 0.4) is 0 Å². The summed E-state index contributed by atoms with van der Waals surface area (Å²) in [4.78, 5) is 12.8. The van der Waals surface area contributed by atoms with E-state index in [9.17, 15) is 18.0 Å². The van der Waals surface area contributed by atoms with E-state index in [-0.39, 0.29) is 18.7 Å². The second kappa shape index (κ2) is 4.97. The monoisotopic (exact) mass is 258 g/mol. The molecule has 0 bridgehead atoms. The molecule has 1 heterocycles. The first kappa shape index (κ1) is 12.9. The van der Waals surface area contributed by atoms with Gasteiger partial charge in [-0.25, -0.2) is 0 Å². The van der Waals surface area contributed by atoms with Gasteiger partial charge in [0, 0.05) is 12.1 Å². The Morgan fingerprint density at radius 2 is 2.06 bits per heavy atom. The van der Waals surface area contributed by atoms with Crippen molar-refractivity contribution in [1.82, 2.24) is 4.90 Å². The van der Waals surface area contributed by atoms with Crippen molar-refractivity contribution >= 4 is 5.91 Å². The number of amides is 1. The van der Waals surface area contributed by atoms with E-state index in [1.54, 1.807) is 0 Å². The molecule has 1 aliphatic rings. The average molecular weight is 258 g/mol. The number of halogens is 3. The molecule has 97 valence electrons. The fourth-order valence-corrected chi connectivity index (χ4v) is 1.81. The van der Waals surface area contributed by atoms with Crippen LogP contribution in [0.4, 0.5) is 13.2 Å². The second-order valence-corrected chi connectivity index (χ2v) is 3.92. The largest absolute Gasteiger partial charge is 0.411 e. The highest BCUT2D eigenvalue weighted by molar-refractivity contribution is 5.94. The van der Waals surface area contributed by atoms with E-state index in [1.165, 1.54) is 24.3 Å². The van der Waals surface area contributed by atoms with E-state index in [0.29, 0.717) is 0 Å². The van der Waals surface area contributed by atoms with Gasteiger partial charge in [0.2, 0.25) is 0 Å². The molecule has 1 unspecified atom stereocenters. The van der Waals surface area contributed by atoms with Crippen LogP contribution in [-0.2, 0) is 4.74 Å². The Morgan fingerprint density at radius 1 is 1.39 bits per heavy atom. The Morgan fingerprint density at radius 3 is 2.67 bits per heavy atom. The van der Waals surface area contributed by atoms with Gasteiger partial charge in [-0.2, -0.15) is 13.2 Å². The number of nitrogens with zero attached hydrogens (tertiary/aromatic N) is 1. The number of carbonyl (C=O) groups excluding carboxylic acids is 1. The SMILES string of the molecule is O=C(c1cc[c]cc1)N1CCOCC1C(F)(F)F. The van der Waals surface area contributed by atoms with Crippen molar-refractivity contribution in [2.45, 2.75) is 12.2 Å². The zero-order valence-electron chi connectivity index (χ0n) is 9.41. The Kier molecular flexibility index (Phi) is 3.56. The Labute approximate surface area is 102 Å². The van der Waals surface area contributed by atoms with Crippen LogP contribution >= 0.6 is 0 Å². The van der Waals surface area contributed by atoms with Gasteiger partial charge in [0.15, 0.2) is 6.04 Å². The number of hydrogen-bond donors (Lipinski definition) is 0. The van der Waals surface area contributed by atoms with Gasteiger partial charge in [0.25, 0.3) is 5.91 Å². The summed E-state index contributed by atoms with van der Waals surface area (Å²) in [5, 5.41) is 0. The fraction of sp³-hybridized carbons (Fsp3) is 0.417. The molecule has 1 aromatic rings. The average Bonchev–Trinajstić information content (AvgIpc) is 2.38. The number of ether oxygens (including phenoxy) is 1. The summed E-state index contributed by atoms with van der Waals surface area (Å²) in [6.45, 7) is -0.437. The first-order valence-corrected chi connectivity index (χ1v) is 5.41. The van der Waals surface area contributed by atoms with Crippen molar-refractivity contribution in [2.75, 3.05) is 19.8 Å². The summed E-state index contributed by atoms with van der Waals surface area (Å²) in [6.07, 6.45) is -4.48. The van der Waals surface area contributed by atoms with E-state index in [0.717, 1.165) is 4.90 Å². The van der Waals surface area contributed by atoms with Crippen molar-refractivity contribution in [2.24, 2.45) is 0 Å². The fourth-order valence-electron chi connectivity index (χ4n) is 1.81. The molecule has 2 rings (SSSR count). The molecular formula is C12H11F3NO2. The lowest BCUT2D eigenvalue weighted by atomic mass is 10.1. The minimum absolute atomic E-state index is 0.0539. The van der Waals surface area contributed by atoms with Gasteiger partial charge in [-0.3, -0.25) is 4.79 Å². The zero-order valence-corrected chi connectivity index (χ0v) is 9.41. The van der Waals surface area contributed by atoms with Crippen LogP contribution in [0.2, 0.25) is 0 Å². The summed E-state index contributed by atoms with van der Waals surface area (Å²) >= 11 is 0. The van der Waals surface area contributed by atoms with Gasteiger partial charge in [-0.05, 0) is 18.2 Å². The predicted octanol–water partition coefficient (Wildman–Crippen LogP) is 1.89. The van der Waals surface area contributed by atoms with Crippen LogP contribution in [0.15, 0.2) is 24.3 Å². The molecule has 0 N–H and O–H groups in total. The van der Waals surface area contributed by atoms with Crippen molar-refractivity contribution < 1.29 is 22.7 Å². The number of morpholine rings is 1. The van der Waals surface area contributed by atoms with E-state index in [4.69, 9.17) is 4.74 Å². The molecule has 1 fully saturated rings. The van der Waals surface area contributed by atoms with Gasteiger partial charge in [-0.1, -0.05) is 12.1 Å². The van der Waals surface area contributed by atoms with E-state index in [2.05, 4.69) is 6.07 Å². The van der Waals surface area contributed by atoms with Crippen LogP contribution in [0.1, 0.15) is 10.4 Å². The Hall–Kier alpha value is -1.56. The zero-order chi connectivity index (χ0) is 13.2. The molecule has 1 aliphatic heterocycles. The van der Waals surface area contributed by atoms with E-state index in [1.807, 2.05) is 0 Å². The van der Waals surface area contributed by atoms with Crippen molar-refractivity contribution in [1.29, 1.82) is 0 Å². The lowest BCUT2D eigenvalue weighted by Crippen LogP contribution is -2.55. The summed E-state index contributed by atoms with van der Waals surface area (Å²) in [5.74, 6) is -0.630. The highest BCUT2D eigenvalue weighted by Crippen LogP contribution is 2.28. The summed E-state index contributed by atoms with van der Waals surface area (Å²) in [7, 11) is 0. The number of benzene rings is 1. The maximum atomic E-state index is 12.8. The summed E-state index contributed by atoms with van der Waals surface area (Å²) < 4.78 is 43.2. The number of alkyl halides is 3. The molecule has 0 spiro atoms. The molecular weight excluding hydrogens is 247 g/mol. The highest BCUT2D eigenvalue weighted by atomic mass is 19.4. The molecule has 6 heteroatoms. The standard InChI is InChI=1S/C12H11F3NO2/c13-12(14,15)10-8-18-7-6-16(10)11(17)9-4-2-1-3-5-9/h2-5,10H,6-8H2. The molecule has 18 heavy (non-hydrogen) atoms. The highest BCUT2D eigenvalue weighted by Gasteiger charge is 2.47. The lowest BCUT2D eigenvalue weighted by molar-refractivity contribution is -0.202. The van der Waals surface area contributed by atoms with Crippen LogP contribution in [0.25, 0.3) is 0 Å². The number of rotatable bonds is 1. The number of hydrogen-bond acceptors (Lipinski definition) is 2. The third kappa shape index (κ3) is 2.64. The molecule has 0 saturated carbocycles. The molecule has 1 saturated heterocycles. The molecule has 3 nitrogen and oxygen atoms in total. The van der Waals surface area contributed by atoms with Crippen LogP contribution in [0, 0.1) is 6.07 Å². The first-order chi connectivity index (χ1) is 8.50. The molecule has 1 aromatic carbocycles. The Balaban J connectivity index is 2.22. The summed E-state index contributed by atoms with van der Waals surface area (Å²) in [6, 6.07) is 6.73. The lowest BCUT2D eigenvalue weighted by Gasteiger charge is -2.36. The van der Waals surface area contributed by atoms with Crippen molar-refractivity contribution in [3.63, 3.8) is 0 Å². The summed E-state index contributed by atoms with van der Waals surface area (Å²) in [5.41, 5.74) is 0.227. The minimum atomic E-state index is -4.48. The van der Waals surface area contributed by atoms with Gasteiger partial charge < -0.3 is 9.64 Å². The van der Waals surface area contributed by atoms with E-state index >= 15 is 0 Å². The van der Waals surface area contributed by atoms with Crippen molar-refractivity contribution in [3.8, 4) is 0 Å². The quantitative estimate of drug-likeness (QED) is 0.769. The smallest absolute Gasteiger partial charge is 0.377 e. The third-order valence-electron chi connectivity index (χ3n) is 2.73. The second-order valence-electron chi connectivity index (χ2n) is 3.92. The third-order valence-corrected chi connectivity index (χ3v) is 2.73. The van der Waals surface area contributed by atoms with Crippen LogP contribution in [-0.4, -0.2) is 42.8 Å². The van der Waals surface area contributed by atoms with E-state index < -0.39 is 24.7 Å². The van der Waals surface area contributed by atoms with Gasteiger partial charge >= 0.3 is 6.18 Å². The molecule has 0 aromatic heterocycles.